The maximum atomic E-state index is 12.5. The molecule has 7 heteroatoms. The Kier molecular flexibility index (Phi) is 3.79. The number of halogens is 3. The number of nitrogens with one attached hydrogen (secondary N) is 1. The maximum Gasteiger partial charge on any atom is 0.431 e. The second-order valence-electron chi connectivity index (χ2n) is 3.68. The van der Waals surface area contributed by atoms with E-state index in [1.54, 1.807) is 0 Å². The number of carbonyl (C=O) groups is 1. The number of hydrogen-bond acceptors (Lipinski definition) is 3. The highest BCUT2D eigenvalue weighted by molar-refractivity contribution is 5.88. The third-order valence-corrected chi connectivity index (χ3v) is 2.31. The molecule has 0 aliphatic heterocycles. The molecule has 0 saturated heterocycles. The van der Waals surface area contributed by atoms with Crippen LogP contribution in [-0.4, -0.2) is 30.3 Å². The summed E-state index contributed by atoms with van der Waals surface area (Å²) in [5.41, 5.74) is 2.96. The number of alkyl halides is 3. The third-order valence-electron chi connectivity index (χ3n) is 2.31. The second kappa shape index (κ2) is 4.73. The van der Waals surface area contributed by atoms with E-state index >= 15 is 0 Å². The van der Waals surface area contributed by atoms with Gasteiger partial charge in [-0.15, -0.1) is 0 Å². The van der Waals surface area contributed by atoms with Crippen molar-refractivity contribution >= 4 is 5.97 Å². The van der Waals surface area contributed by atoms with Crippen molar-refractivity contribution in [2.24, 2.45) is 11.7 Å². The second-order valence-corrected chi connectivity index (χ2v) is 3.68. The normalized spacial score (nSPS) is 18.0. The van der Waals surface area contributed by atoms with E-state index in [1.807, 2.05) is 0 Å². The molecule has 16 heavy (non-hydrogen) atoms. The average Bonchev–Trinajstić information content (AvgIpc) is 2.92. The van der Waals surface area contributed by atoms with Gasteiger partial charge in [-0.25, -0.2) is 4.79 Å². The fraction of sp³-hybridized carbons (Fsp3) is 0.667. The van der Waals surface area contributed by atoms with Crippen LogP contribution in [0.3, 0.4) is 0 Å². The van der Waals surface area contributed by atoms with Gasteiger partial charge in [-0.05, 0) is 18.8 Å². The van der Waals surface area contributed by atoms with Crippen LogP contribution in [0.15, 0.2) is 11.3 Å². The van der Waals surface area contributed by atoms with Crippen LogP contribution in [0, 0.1) is 5.92 Å². The minimum Gasteiger partial charge on any atom is -0.478 e. The van der Waals surface area contributed by atoms with Gasteiger partial charge in [0.1, 0.15) is 5.70 Å². The molecule has 0 aromatic heterocycles. The van der Waals surface area contributed by atoms with Gasteiger partial charge in [0.15, 0.2) is 0 Å². The molecule has 0 heterocycles. The van der Waals surface area contributed by atoms with Gasteiger partial charge >= 0.3 is 12.1 Å². The predicted octanol–water partition coefficient (Wildman–Crippen LogP) is 0.846. The van der Waals surface area contributed by atoms with Crippen molar-refractivity contribution in [2.75, 3.05) is 13.1 Å². The van der Waals surface area contributed by atoms with E-state index < -0.39 is 30.0 Å². The molecule has 1 aliphatic carbocycles. The van der Waals surface area contributed by atoms with E-state index in [0.29, 0.717) is 0 Å². The smallest absolute Gasteiger partial charge is 0.431 e. The van der Waals surface area contributed by atoms with Crippen molar-refractivity contribution in [3.8, 4) is 0 Å². The van der Waals surface area contributed by atoms with Gasteiger partial charge < -0.3 is 16.2 Å². The van der Waals surface area contributed by atoms with E-state index in [-0.39, 0.29) is 12.5 Å². The highest BCUT2D eigenvalue weighted by Crippen LogP contribution is 2.31. The first-order valence-corrected chi connectivity index (χ1v) is 4.83. The molecule has 0 aromatic carbocycles. The van der Waals surface area contributed by atoms with Crippen LogP contribution in [0.4, 0.5) is 13.2 Å². The van der Waals surface area contributed by atoms with E-state index in [0.717, 1.165) is 12.8 Å². The largest absolute Gasteiger partial charge is 0.478 e. The first-order valence-electron chi connectivity index (χ1n) is 4.83. The number of carboxylic acids is 1. The molecule has 0 spiro atoms. The van der Waals surface area contributed by atoms with Crippen molar-refractivity contribution in [1.29, 1.82) is 0 Å². The lowest BCUT2D eigenvalue weighted by Gasteiger charge is -2.16. The minimum atomic E-state index is -4.71. The van der Waals surface area contributed by atoms with Crippen molar-refractivity contribution in [1.82, 2.24) is 5.32 Å². The summed E-state index contributed by atoms with van der Waals surface area (Å²) >= 11 is 0. The van der Waals surface area contributed by atoms with E-state index in [1.165, 1.54) is 0 Å². The Morgan fingerprint density at radius 3 is 2.31 bits per heavy atom. The Bertz CT molecular complexity index is 308. The quantitative estimate of drug-likeness (QED) is 0.620. The molecule has 0 aromatic rings. The Hall–Kier alpha value is -1.24. The molecule has 4 N–H and O–H groups in total. The number of carboxylic acid groups (broad SMARTS) is 1. The van der Waals surface area contributed by atoms with Crippen molar-refractivity contribution < 1.29 is 23.1 Å². The molecule has 0 radical (unpaired) electrons. The first-order chi connectivity index (χ1) is 7.36. The van der Waals surface area contributed by atoms with Crippen LogP contribution in [-0.2, 0) is 4.79 Å². The monoisotopic (exact) mass is 238 g/mol. The zero-order valence-electron chi connectivity index (χ0n) is 8.47. The molecule has 1 rings (SSSR count). The zero-order chi connectivity index (χ0) is 12.3. The van der Waals surface area contributed by atoms with E-state index in [9.17, 15) is 18.0 Å². The van der Waals surface area contributed by atoms with Crippen LogP contribution >= 0.6 is 0 Å². The fourth-order valence-corrected chi connectivity index (χ4v) is 1.24. The standard InChI is InChI=1S/C9H13F3N2O2/c10-9(11,12)7(6(3-13)8(15)16)14-4-5-1-2-5/h5,14H,1-4,13H2,(H,15,16)/b7-6+. The van der Waals surface area contributed by atoms with E-state index in [2.05, 4.69) is 5.32 Å². The number of aliphatic carboxylic acids is 1. The topological polar surface area (TPSA) is 75.4 Å². The SMILES string of the molecule is NC/C(C(=O)O)=C(\NCC1CC1)C(F)(F)F. The first kappa shape index (κ1) is 12.8. The Morgan fingerprint density at radius 2 is 2.00 bits per heavy atom. The number of hydrogen-bond donors (Lipinski definition) is 3. The average molecular weight is 238 g/mol. The molecular weight excluding hydrogens is 225 g/mol. The van der Waals surface area contributed by atoms with Gasteiger partial charge in [0.05, 0.1) is 5.57 Å². The molecular formula is C9H13F3N2O2. The molecule has 92 valence electrons. The summed E-state index contributed by atoms with van der Waals surface area (Å²) in [5, 5.41) is 10.8. The number of rotatable bonds is 5. The van der Waals surface area contributed by atoms with Gasteiger partial charge in [-0.2, -0.15) is 13.2 Å². The zero-order valence-corrected chi connectivity index (χ0v) is 8.47. The molecule has 0 unspecified atom stereocenters. The fourth-order valence-electron chi connectivity index (χ4n) is 1.24. The van der Waals surface area contributed by atoms with Crippen LogP contribution in [0.1, 0.15) is 12.8 Å². The van der Waals surface area contributed by atoms with Gasteiger partial charge in [0, 0.05) is 13.1 Å². The predicted molar refractivity (Wildman–Crippen MR) is 50.5 cm³/mol. The van der Waals surface area contributed by atoms with Gasteiger partial charge in [0.25, 0.3) is 0 Å². The molecule has 4 nitrogen and oxygen atoms in total. The molecule has 0 amide bonds. The highest BCUT2D eigenvalue weighted by Gasteiger charge is 2.38. The summed E-state index contributed by atoms with van der Waals surface area (Å²) in [6.07, 6.45) is -2.95. The Balaban J connectivity index is 2.86. The van der Waals surface area contributed by atoms with Gasteiger partial charge in [-0.3, -0.25) is 0 Å². The molecule has 1 aliphatic rings. The van der Waals surface area contributed by atoms with Crippen molar-refractivity contribution in [3.63, 3.8) is 0 Å². The lowest BCUT2D eigenvalue weighted by molar-refractivity contribution is -0.134. The summed E-state index contributed by atoms with van der Waals surface area (Å²) in [4.78, 5) is 10.6. The van der Waals surface area contributed by atoms with Crippen LogP contribution in [0.25, 0.3) is 0 Å². The maximum absolute atomic E-state index is 12.5. The Morgan fingerprint density at radius 1 is 1.44 bits per heavy atom. The lowest BCUT2D eigenvalue weighted by atomic mass is 10.2. The highest BCUT2D eigenvalue weighted by atomic mass is 19.4. The summed E-state index contributed by atoms with van der Waals surface area (Å²) in [6.45, 7) is -0.506. The van der Waals surface area contributed by atoms with Crippen LogP contribution in [0.2, 0.25) is 0 Å². The van der Waals surface area contributed by atoms with Crippen LogP contribution in [0.5, 0.6) is 0 Å². The molecule has 1 fully saturated rings. The summed E-state index contributed by atoms with van der Waals surface area (Å²) in [6, 6.07) is 0. The summed E-state index contributed by atoms with van der Waals surface area (Å²) in [7, 11) is 0. The molecule has 0 bridgehead atoms. The lowest BCUT2D eigenvalue weighted by Crippen LogP contribution is -2.33. The molecule has 0 atom stereocenters. The third kappa shape index (κ3) is 3.41. The minimum absolute atomic E-state index is 0.144. The Labute approximate surface area is 90.3 Å². The van der Waals surface area contributed by atoms with Crippen molar-refractivity contribution in [3.05, 3.63) is 11.3 Å². The van der Waals surface area contributed by atoms with Gasteiger partial charge in [-0.1, -0.05) is 0 Å². The number of allylic oxidation sites excluding steroid dienone is 1. The molecule has 1 saturated carbocycles. The summed E-state index contributed by atoms with van der Waals surface area (Å²) in [5.74, 6) is -1.43. The van der Waals surface area contributed by atoms with Crippen LogP contribution < -0.4 is 11.1 Å². The summed E-state index contributed by atoms with van der Waals surface area (Å²) < 4.78 is 37.6. The number of nitrogens with two attached hydrogens (primary N) is 1. The van der Waals surface area contributed by atoms with E-state index in [4.69, 9.17) is 10.8 Å². The van der Waals surface area contributed by atoms with Crippen molar-refractivity contribution in [2.45, 2.75) is 19.0 Å². The van der Waals surface area contributed by atoms with Gasteiger partial charge in [0.2, 0.25) is 0 Å².